The minimum atomic E-state index is 0.203. The van der Waals surface area contributed by atoms with E-state index in [1.807, 2.05) is 13.0 Å². The number of hydrogen-bond acceptors (Lipinski definition) is 3. The van der Waals surface area contributed by atoms with E-state index in [0.717, 1.165) is 44.3 Å². The third-order valence-electron chi connectivity index (χ3n) is 4.14. The summed E-state index contributed by atoms with van der Waals surface area (Å²) in [4.78, 5) is 21.9. The second-order valence-electron chi connectivity index (χ2n) is 6.30. The van der Waals surface area contributed by atoms with Crippen LogP contribution in [0.15, 0.2) is 23.5 Å². The van der Waals surface area contributed by atoms with Gasteiger partial charge in [0.25, 0.3) is 0 Å². The summed E-state index contributed by atoms with van der Waals surface area (Å²) in [5, 5.41) is 0. The van der Waals surface area contributed by atoms with Crippen LogP contribution in [0.3, 0.4) is 0 Å². The molecule has 0 saturated carbocycles. The Kier molecular flexibility index (Phi) is 10.3. The molecule has 0 radical (unpaired) electrons. The van der Waals surface area contributed by atoms with E-state index >= 15 is 0 Å². The molecular weight excluding hydrogens is 288 g/mol. The number of ketones is 2. The lowest BCUT2D eigenvalue weighted by Crippen LogP contribution is -2.04. The first kappa shape index (κ1) is 19.7. The van der Waals surface area contributed by atoms with E-state index in [4.69, 9.17) is 4.74 Å². The number of carbonyl (C=O) groups excluding carboxylic acids is 2. The van der Waals surface area contributed by atoms with Crippen molar-refractivity contribution < 1.29 is 14.3 Å². The molecule has 2 rings (SSSR count). The van der Waals surface area contributed by atoms with Crippen LogP contribution in [-0.4, -0.2) is 18.2 Å². The predicted molar refractivity (Wildman–Crippen MR) is 94.3 cm³/mol. The number of allylic oxidation sites excluding steroid dienone is 4. The van der Waals surface area contributed by atoms with Crippen LogP contribution in [0.4, 0.5) is 0 Å². The maximum Gasteiger partial charge on any atom is 0.159 e. The number of ether oxygens (including phenoxy) is 1. The predicted octanol–water partition coefficient (Wildman–Crippen LogP) is 5.30. The molecule has 2 aliphatic carbocycles. The number of rotatable bonds is 7. The van der Waals surface area contributed by atoms with E-state index in [2.05, 4.69) is 6.92 Å². The van der Waals surface area contributed by atoms with Crippen LogP contribution in [0.5, 0.6) is 0 Å². The minimum absolute atomic E-state index is 0.203. The fourth-order valence-electron chi connectivity index (χ4n) is 2.90. The van der Waals surface area contributed by atoms with E-state index in [1.165, 1.54) is 31.3 Å². The third-order valence-corrected chi connectivity index (χ3v) is 4.14. The summed E-state index contributed by atoms with van der Waals surface area (Å²) in [7, 11) is 0. The number of hydrogen-bond donors (Lipinski definition) is 0. The van der Waals surface area contributed by atoms with Crippen LogP contribution in [0, 0.1) is 0 Å². The van der Waals surface area contributed by atoms with Crippen LogP contribution in [-0.2, 0) is 14.3 Å². The van der Waals surface area contributed by atoms with Crippen molar-refractivity contribution in [1.29, 1.82) is 0 Å². The molecule has 0 atom stereocenters. The molecule has 3 heteroatoms. The first-order valence-electron chi connectivity index (χ1n) is 9.24. The molecule has 130 valence electrons. The van der Waals surface area contributed by atoms with Crippen molar-refractivity contribution in [2.45, 2.75) is 84.5 Å². The average molecular weight is 320 g/mol. The standard InChI is InChI=1S/C12H20O.C8H12O2/c1-2-3-4-5-7-11-8-6-9-12(13)10-11;1-2-10-8-5-3-4-7(9)6-8/h10H,2-9H2,1H3;6H,2-5H2,1H3. The van der Waals surface area contributed by atoms with Gasteiger partial charge < -0.3 is 4.74 Å². The Labute approximate surface area is 141 Å². The smallest absolute Gasteiger partial charge is 0.159 e. The fraction of sp³-hybridized carbons (Fsp3) is 0.700. The maximum absolute atomic E-state index is 11.1. The van der Waals surface area contributed by atoms with Gasteiger partial charge in [0.05, 0.1) is 12.4 Å². The van der Waals surface area contributed by atoms with Gasteiger partial charge in [0.2, 0.25) is 0 Å². The van der Waals surface area contributed by atoms with Crippen molar-refractivity contribution in [2.24, 2.45) is 0 Å². The van der Waals surface area contributed by atoms with Crippen LogP contribution in [0.2, 0.25) is 0 Å². The molecule has 0 spiro atoms. The van der Waals surface area contributed by atoms with E-state index in [-0.39, 0.29) is 5.78 Å². The lowest BCUT2D eigenvalue weighted by molar-refractivity contribution is -0.116. The minimum Gasteiger partial charge on any atom is -0.498 e. The first-order valence-corrected chi connectivity index (χ1v) is 9.24. The number of carbonyl (C=O) groups is 2. The summed E-state index contributed by atoms with van der Waals surface area (Å²) in [5.74, 6) is 1.41. The Morgan fingerprint density at radius 2 is 1.57 bits per heavy atom. The van der Waals surface area contributed by atoms with Crippen LogP contribution >= 0.6 is 0 Å². The quantitative estimate of drug-likeness (QED) is 0.598. The zero-order chi connectivity index (χ0) is 16.9. The van der Waals surface area contributed by atoms with Crippen molar-refractivity contribution >= 4 is 11.6 Å². The molecule has 23 heavy (non-hydrogen) atoms. The number of unbranched alkanes of at least 4 members (excludes halogenated alkanes) is 3. The molecule has 0 N–H and O–H groups in total. The van der Waals surface area contributed by atoms with Crippen molar-refractivity contribution in [3.63, 3.8) is 0 Å². The Morgan fingerprint density at radius 1 is 0.870 bits per heavy atom. The normalized spacial score (nSPS) is 17.8. The lowest BCUT2D eigenvalue weighted by atomic mass is 9.94. The summed E-state index contributed by atoms with van der Waals surface area (Å²) in [6.45, 7) is 4.82. The van der Waals surface area contributed by atoms with Gasteiger partial charge in [-0.05, 0) is 45.1 Å². The molecule has 0 amide bonds. The van der Waals surface area contributed by atoms with Crippen molar-refractivity contribution in [3.05, 3.63) is 23.5 Å². The van der Waals surface area contributed by atoms with Gasteiger partial charge in [-0.1, -0.05) is 31.8 Å². The monoisotopic (exact) mass is 320 g/mol. The van der Waals surface area contributed by atoms with Crippen molar-refractivity contribution in [2.75, 3.05) is 6.61 Å². The second kappa shape index (κ2) is 12.1. The largest absolute Gasteiger partial charge is 0.498 e. The Balaban J connectivity index is 0.000000238. The highest BCUT2D eigenvalue weighted by atomic mass is 16.5. The van der Waals surface area contributed by atoms with E-state index in [9.17, 15) is 9.59 Å². The molecule has 0 unspecified atom stereocenters. The summed E-state index contributed by atoms with van der Waals surface area (Å²) < 4.78 is 5.19. The van der Waals surface area contributed by atoms with Gasteiger partial charge in [-0.2, -0.15) is 0 Å². The molecule has 0 aliphatic heterocycles. The van der Waals surface area contributed by atoms with Crippen LogP contribution < -0.4 is 0 Å². The average Bonchev–Trinajstić information content (AvgIpc) is 2.53. The molecular formula is C20H32O3. The second-order valence-corrected chi connectivity index (χ2v) is 6.30. The van der Waals surface area contributed by atoms with Gasteiger partial charge in [0.15, 0.2) is 11.6 Å². The maximum atomic E-state index is 11.1. The molecule has 0 aromatic carbocycles. The van der Waals surface area contributed by atoms with E-state index in [1.54, 1.807) is 6.08 Å². The zero-order valence-electron chi connectivity index (χ0n) is 14.9. The van der Waals surface area contributed by atoms with Gasteiger partial charge in [-0.15, -0.1) is 0 Å². The molecule has 0 aromatic rings. The first-order chi connectivity index (χ1) is 11.2. The molecule has 0 saturated heterocycles. The van der Waals surface area contributed by atoms with Crippen molar-refractivity contribution in [1.82, 2.24) is 0 Å². The molecule has 0 bridgehead atoms. The molecule has 2 aliphatic rings. The van der Waals surface area contributed by atoms with Gasteiger partial charge in [0, 0.05) is 25.3 Å². The van der Waals surface area contributed by atoms with Gasteiger partial charge in [-0.3, -0.25) is 9.59 Å². The van der Waals surface area contributed by atoms with Gasteiger partial charge in [0.1, 0.15) is 0 Å². The third kappa shape index (κ3) is 9.37. The topological polar surface area (TPSA) is 43.4 Å². The Morgan fingerprint density at radius 3 is 2.17 bits per heavy atom. The van der Waals surface area contributed by atoms with Gasteiger partial charge in [-0.25, -0.2) is 0 Å². The summed E-state index contributed by atoms with van der Waals surface area (Å²) in [5.41, 5.74) is 1.40. The molecule has 0 aromatic heterocycles. The Hall–Kier alpha value is -1.38. The fourth-order valence-corrected chi connectivity index (χ4v) is 2.90. The molecule has 0 heterocycles. The summed E-state index contributed by atoms with van der Waals surface area (Å²) in [6, 6.07) is 0. The van der Waals surface area contributed by atoms with Gasteiger partial charge >= 0.3 is 0 Å². The highest BCUT2D eigenvalue weighted by Crippen LogP contribution is 2.20. The SMILES string of the molecule is CCCCCCC1=CC(=O)CCC1.CCOC1=CC(=O)CCC1. The van der Waals surface area contributed by atoms with Crippen molar-refractivity contribution in [3.8, 4) is 0 Å². The lowest BCUT2D eigenvalue weighted by Gasteiger charge is -2.11. The van der Waals surface area contributed by atoms with E-state index < -0.39 is 0 Å². The summed E-state index contributed by atoms with van der Waals surface area (Å²) >= 11 is 0. The summed E-state index contributed by atoms with van der Waals surface area (Å²) in [6.07, 6.45) is 15.5. The Bertz CT molecular complexity index is 432. The highest BCUT2D eigenvalue weighted by molar-refractivity contribution is 5.91. The molecule has 3 nitrogen and oxygen atoms in total. The van der Waals surface area contributed by atoms with E-state index in [0.29, 0.717) is 18.8 Å². The highest BCUT2D eigenvalue weighted by Gasteiger charge is 2.09. The molecule has 0 fully saturated rings. The van der Waals surface area contributed by atoms with Crippen LogP contribution in [0.1, 0.15) is 84.5 Å². The zero-order valence-corrected chi connectivity index (χ0v) is 14.9. The van der Waals surface area contributed by atoms with Crippen LogP contribution in [0.25, 0.3) is 0 Å².